The fourth-order valence-corrected chi connectivity index (χ4v) is 2.58. The molecule has 3 nitrogen and oxygen atoms in total. The average Bonchev–Trinajstić information content (AvgIpc) is 2.46. The number of nitrogens with one attached hydrogen (secondary N) is 1. The van der Waals surface area contributed by atoms with Gasteiger partial charge in [0, 0.05) is 0 Å². The second-order valence-electron chi connectivity index (χ2n) is 4.86. The zero-order valence-corrected chi connectivity index (χ0v) is 11.1. The van der Waals surface area contributed by atoms with Crippen molar-refractivity contribution in [3.05, 3.63) is 35.4 Å². The molecule has 0 aliphatic carbocycles. The van der Waals surface area contributed by atoms with Crippen molar-refractivity contribution in [2.45, 2.75) is 31.0 Å². The van der Waals surface area contributed by atoms with Crippen molar-refractivity contribution in [2.24, 2.45) is 0 Å². The van der Waals surface area contributed by atoms with E-state index in [-0.39, 0.29) is 0 Å². The van der Waals surface area contributed by atoms with Crippen molar-refractivity contribution >= 4 is 5.97 Å². The summed E-state index contributed by atoms with van der Waals surface area (Å²) in [7, 11) is 1.24. The fraction of sp³-hybridized carbons (Fsp3) is 0.500. The summed E-state index contributed by atoms with van der Waals surface area (Å²) < 4.78 is 43.2. The van der Waals surface area contributed by atoms with Crippen molar-refractivity contribution < 1.29 is 22.7 Å². The molecule has 1 saturated heterocycles. The Morgan fingerprint density at radius 2 is 2.10 bits per heavy atom. The minimum atomic E-state index is -4.43. The highest BCUT2D eigenvalue weighted by molar-refractivity contribution is 5.82. The summed E-state index contributed by atoms with van der Waals surface area (Å²) in [4.78, 5) is 12.1. The maximum atomic E-state index is 12.8. The Labute approximate surface area is 115 Å². The molecular formula is C14H16F3NO2. The van der Waals surface area contributed by atoms with Crippen LogP contribution < -0.4 is 5.32 Å². The monoisotopic (exact) mass is 287 g/mol. The van der Waals surface area contributed by atoms with Crippen molar-refractivity contribution in [1.82, 2.24) is 5.32 Å². The summed E-state index contributed by atoms with van der Waals surface area (Å²) in [5.74, 6) is -0.545. The van der Waals surface area contributed by atoms with Gasteiger partial charge >= 0.3 is 12.1 Å². The topological polar surface area (TPSA) is 38.3 Å². The largest absolute Gasteiger partial charge is 0.467 e. The second kappa shape index (κ2) is 5.44. The molecule has 1 aromatic carbocycles. The summed E-state index contributed by atoms with van der Waals surface area (Å²) >= 11 is 0. The number of alkyl halides is 3. The van der Waals surface area contributed by atoms with Crippen molar-refractivity contribution in [1.29, 1.82) is 0 Å². The SMILES string of the molecule is COC(=O)C1(c2cccc(C(F)(F)F)c2)CCCCN1. The average molecular weight is 287 g/mol. The Kier molecular flexibility index (Phi) is 4.04. The molecule has 6 heteroatoms. The lowest BCUT2D eigenvalue weighted by atomic mass is 9.81. The number of rotatable bonds is 2. The number of benzene rings is 1. The molecule has 1 unspecified atom stereocenters. The zero-order valence-electron chi connectivity index (χ0n) is 11.1. The molecule has 20 heavy (non-hydrogen) atoms. The van der Waals surface area contributed by atoms with Gasteiger partial charge in [-0.15, -0.1) is 0 Å². The Hall–Kier alpha value is -1.56. The Balaban J connectivity index is 2.47. The minimum Gasteiger partial charge on any atom is -0.467 e. The lowest BCUT2D eigenvalue weighted by molar-refractivity contribution is -0.150. The van der Waals surface area contributed by atoms with Gasteiger partial charge in [-0.1, -0.05) is 12.1 Å². The molecule has 1 aliphatic heterocycles. The lowest BCUT2D eigenvalue weighted by Gasteiger charge is -2.36. The Morgan fingerprint density at radius 1 is 1.35 bits per heavy atom. The van der Waals surface area contributed by atoms with E-state index in [0.29, 0.717) is 18.5 Å². The van der Waals surface area contributed by atoms with Crippen LogP contribution in [0.25, 0.3) is 0 Å². The van der Waals surface area contributed by atoms with Crippen LogP contribution in [0.15, 0.2) is 24.3 Å². The number of methoxy groups -OCH3 is 1. The molecule has 1 fully saturated rings. The zero-order chi connectivity index (χ0) is 14.8. The number of carbonyl (C=O) groups excluding carboxylic acids is 1. The Bertz CT molecular complexity index is 493. The fourth-order valence-electron chi connectivity index (χ4n) is 2.58. The lowest BCUT2D eigenvalue weighted by Crippen LogP contribution is -2.52. The van der Waals surface area contributed by atoms with Gasteiger partial charge in [-0.25, -0.2) is 4.79 Å². The van der Waals surface area contributed by atoms with E-state index in [1.807, 2.05) is 0 Å². The third kappa shape index (κ3) is 2.65. The van der Waals surface area contributed by atoms with Gasteiger partial charge in [-0.3, -0.25) is 5.32 Å². The number of halogens is 3. The van der Waals surface area contributed by atoms with E-state index in [0.717, 1.165) is 25.0 Å². The summed E-state index contributed by atoms with van der Waals surface area (Å²) in [6, 6.07) is 4.87. The van der Waals surface area contributed by atoms with E-state index < -0.39 is 23.2 Å². The molecule has 0 amide bonds. The van der Waals surface area contributed by atoms with Gasteiger partial charge in [0.25, 0.3) is 0 Å². The van der Waals surface area contributed by atoms with Crippen LogP contribution in [0.1, 0.15) is 30.4 Å². The molecule has 1 aliphatic rings. The second-order valence-corrected chi connectivity index (χ2v) is 4.86. The van der Waals surface area contributed by atoms with Gasteiger partial charge in [0.2, 0.25) is 0 Å². The number of piperidine rings is 1. The third-order valence-electron chi connectivity index (χ3n) is 3.62. The number of hydrogen-bond acceptors (Lipinski definition) is 3. The van der Waals surface area contributed by atoms with E-state index in [4.69, 9.17) is 4.74 Å². The molecule has 1 heterocycles. The predicted molar refractivity (Wildman–Crippen MR) is 67.0 cm³/mol. The first-order valence-electron chi connectivity index (χ1n) is 6.41. The van der Waals surface area contributed by atoms with E-state index in [2.05, 4.69) is 5.32 Å². The summed E-state index contributed by atoms with van der Waals surface area (Å²) in [6.45, 7) is 0.575. The maximum Gasteiger partial charge on any atom is 0.416 e. The standard InChI is InChI=1S/C14H16F3NO2/c1-20-12(19)13(7-2-3-8-18-13)10-5-4-6-11(9-10)14(15,16)17/h4-6,9,18H,2-3,7-8H2,1H3. The van der Waals surface area contributed by atoms with E-state index in [9.17, 15) is 18.0 Å². The summed E-state index contributed by atoms with van der Waals surface area (Å²) in [6.07, 6.45) is -2.35. The summed E-state index contributed by atoms with van der Waals surface area (Å²) in [5.41, 5.74) is -1.63. The van der Waals surface area contributed by atoms with Gasteiger partial charge in [0.05, 0.1) is 12.7 Å². The van der Waals surface area contributed by atoms with Crippen LogP contribution in [0.4, 0.5) is 13.2 Å². The number of esters is 1. The van der Waals surface area contributed by atoms with Gasteiger partial charge in [-0.05, 0) is 43.5 Å². The van der Waals surface area contributed by atoms with Gasteiger partial charge in [-0.2, -0.15) is 13.2 Å². The molecule has 0 saturated carbocycles. The molecule has 2 rings (SSSR count). The van der Waals surface area contributed by atoms with Crippen LogP contribution in [-0.4, -0.2) is 19.6 Å². The van der Waals surface area contributed by atoms with E-state index in [1.54, 1.807) is 0 Å². The molecule has 1 atom stereocenters. The van der Waals surface area contributed by atoms with Gasteiger partial charge in [0.1, 0.15) is 5.54 Å². The molecule has 0 spiro atoms. The highest BCUT2D eigenvalue weighted by Crippen LogP contribution is 2.36. The first-order valence-corrected chi connectivity index (χ1v) is 6.41. The van der Waals surface area contributed by atoms with Crippen LogP contribution in [0.3, 0.4) is 0 Å². The van der Waals surface area contributed by atoms with Crippen LogP contribution >= 0.6 is 0 Å². The molecule has 1 aromatic rings. The number of carbonyl (C=O) groups is 1. The molecule has 1 N–H and O–H groups in total. The quantitative estimate of drug-likeness (QED) is 0.850. The molecule has 110 valence electrons. The van der Waals surface area contributed by atoms with Gasteiger partial charge in [0.15, 0.2) is 0 Å². The molecule has 0 radical (unpaired) electrons. The highest BCUT2D eigenvalue weighted by atomic mass is 19.4. The van der Waals surface area contributed by atoms with E-state index in [1.165, 1.54) is 19.2 Å². The van der Waals surface area contributed by atoms with Crippen molar-refractivity contribution in [3.63, 3.8) is 0 Å². The van der Waals surface area contributed by atoms with E-state index >= 15 is 0 Å². The number of ether oxygens (including phenoxy) is 1. The van der Waals surface area contributed by atoms with Crippen LogP contribution in [0, 0.1) is 0 Å². The van der Waals surface area contributed by atoms with Crippen LogP contribution in [-0.2, 0) is 21.2 Å². The first kappa shape index (κ1) is 14.8. The predicted octanol–water partition coefficient (Wildman–Crippen LogP) is 2.85. The van der Waals surface area contributed by atoms with Crippen molar-refractivity contribution in [3.8, 4) is 0 Å². The molecular weight excluding hydrogens is 271 g/mol. The summed E-state index contributed by atoms with van der Waals surface area (Å²) in [5, 5.41) is 3.04. The van der Waals surface area contributed by atoms with Crippen LogP contribution in [0.5, 0.6) is 0 Å². The van der Waals surface area contributed by atoms with Gasteiger partial charge < -0.3 is 4.74 Å². The minimum absolute atomic E-state index is 0.305. The van der Waals surface area contributed by atoms with Crippen molar-refractivity contribution in [2.75, 3.05) is 13.7 Å². The third-order valence-corrected chi connectivity index (χ3v) is 3.62. The first-order chi connectivity index (χ1) is 9.40. The highest BCUT2D eigenvalue weighted by Gasteiger charge is 2.43. The smallest absolute Gasteiger partial charge is 0.416 e. The number of hydrogen-bond donors (Lipinski definition) is 1. The normalized spacial score (nSPS) is 23.4. The molecule has 0 bridgehead atoms. The van der Waals surface area contributed by atoms with Crippen LogP contribution in [0.2, 0.25) is 0 Å². The molecule has 0 aromatic heterocycles. The maximum absolute atomic E-state index is 12.8. The Morgan fingerprint density at radius 3 is 2.65 bits per heavy atom.